The van der Waals surface area contributed by atoms with Crippen LogP contribution in [0, 0.1) is 12.8 Å². The fourth-order valence-electron chi connectivity index (χ4n) is 5.20. The second-order valence-electron chi connectivity index (χ2n) is 10.5. The largest absolute Gasteiger partial charge is 0.366 e. The van der Waals surface area contributed by atoms with Crippen molar-refractivity contribution in [2.75, 3.05) is 11.9 Å². The van der Waals surface area contributed by atoms with Crippen molar-refractivity contribution < 1.29 is 0 Å². The molecule has 200 valence electrons. The van der Waals surface area contributed by atoms with E-state index in [1.807, 2.05) is 17.0 Å². The van der Waals surface area contributed by atoms with Crippen molar-refractivity contribution in [1.29, 1.82) is 0 Å². The zero-order valence-electron chi connectivity index (χ0n) is 23.5. The van der Waals surface area contributed by atoms with Gasteiger partial charge in [-0.3, -0.25) is 0 Å². The topological polar surface area (TPSA) is 33.1 Å². The molecule has 0 saturated heterocycles. The van der Waals surface area contributed by atoms with Crippen LogP contribution >= 0.6 is 12.6 Å². The molecule has 2 unspecified atom stereocenters. The number of hydrogen-bond acceptors (Lipinski definition) is 4. The van der Waals surface area contributed by atoms with Crippen LogP contribution in [0.2, 0.25) is 0 Å². The Hall–Kier alpha value is -3.18. The molecule has 5 heteroatoms. The first-order valence-corrected chi connectivity index (χ1v) is 14.1. The lowest BCUT2D eigenvalue weighted by Gasteiger charge is -2.37. The van der Waals surface area contributed by atoms with E-state index in [1.165, 1.54) is 39.2 Å². The number of rotatable bonds is 6. The zero-order chi connectivity index (χ0) is 27.2. The Morgan fingerprint density at radius 1 is 1.16 bits per heavy atom. The zero-order valence-corrected chi connectivity index (χ0v) is 24.4. The van der Waals surface area contributed by atoms with Crippen LogP contribution < -0.4 is 10.2 Å². The van der Waals surface area contributed by atoms with E-state index in [4.69, 9.17) is 0 Å². The lowest BCUT2D eigenvalue weighted by molar-refractivity contribution is 0.679. The van der Waals surface area contributed by atoms with Crippen molar-refractivity contribution in [3.8, 4) is 0 Å². The maximum Gasteiger partial charge on any atom is 0.137 e. The fourth-order valence-corrected chi connectivity index (χ4v) is 5.40. The highest BCUT2D eigenvalue weighted by Gasteiger charge is 2.29. The number of allylic oxidation sites excluding steroid dienone is 7. The molecule has 0 fully saturated rings. The summed E-state index contributed by atoms with van der Waals surface area (Å²) in [4.78, 5) is 3.43. The van der Waals surface area contributed by atoms with Gasteiger partial charge in [0.2, 0.25) is 0 Å². The molecule has 38 heavy (non-hydrogen) atoms. The maximum atomic E-state index is 4.64. The molecule has 0 saturated carbocycles. The van der Waals surface area contributed by atoms with Crippen LogP contribution in [-0.2, 0) is 13.0 Å². The monoisotopic (exact) mass is 526 g/mol. The Morgan fingerprint density at radius 3 is 2.53 bits per heavy atom. The molecule has 4 nitrogen and oxygen atoms in total. The average Bonchev–Trinajstić information content (AvgIpc) is 3.32. The molecule has 0 radical (unpaired) electrons. The normalized spacial score (nSPS) is 20.3. The molecular weight excluding hydrogens is 484 g/mol. The Balaban J connectivity index is 0.000000283. The Bertz CT molecular complexity index is 1300. The Kier molecular flexibility index (Phi) is 9.22. The van der Waals surface area contributed by atoms with Gasteiger partial charge in [-0.25, -0.2) is 4.68 Å². The minimum atomic E-state index is 0.262. The Morgan fingerprint density at radius 2 is 1.89 bits per heavy atom. The number of anilines is 1. The number of nitrogens with zero attached hydrogens (tertiary/aromatic N) is 3. The summed E-state index contributed by atoms with van der Waals surface area (Å²) in [5.74, 6) is 2.78. The van der Waals surface area contributed by atoms with Crippen LogP contribution in [-0.4, -0.2) is 22.9 Å². The van der Waals surface area contributed by atoms with Gasteiger partial charge < -0.3 is 10.2 Å². The fraction of sp³-hybridized carbons (Fsp3) is 0.364. The molecule has 2 aliphatic carbocycles. The molecule has 1 aliphatic heterocycles. The van der Waals surface area contributed by atoms with Crippen molar-refractivity contribution in [2.24, 2.45) is 5.92 Å². The predicted molar refractivity (Wildman–Crippen MR) is 166 cm³/mol. The molecule has 5 rings (SSSR count). The molecule has 2 aromatic rings. The molecule has 2 heterocycles. The summed E-state index contributed by atoms with van der Waals surface area (Å²) in [7, 11) is 2.18. The smallest absolute Gasteiger partial charge is 0.137 e. The predicted octanol–water partition coefficient (Wildman–Crippen LogP) is 7.78. The summed E-state index contributed by atoms with van der Waals surface area (Å²) in [5.41, 5.74) is 7.99. The van der Waals surface area contributed by atoms with E-state index in [9.17, 15) is 0 Å². The van der Waals surface area contributed by atoms with Gasteiger partial charge in [0, 0.05) is 25.1 Å². The Labute approximate surface area is 234 Å². The van der Waals surface area contributed by atoms with Crippen molar-refractivity contribution in [3.63, 3.8) is 0 Å². The van der Waals surface area contributed by atoms with Crippen LogP contribution in [0.4, 0.5) is 5.82 Å². The van der Waals surface area contributed by atoms with E-state index in [0.29, 0.717) is 5.92 Å². The summed E-state index contributed by atoms with van der Waals surface area (Å²) in [6.45, 7) is 13.3. The summed E-state index contributed by atoms with van der Waals surface area (Å²) in [6.07, 6.45) is 19.5. The van der Waals surface area contributed by atoms with Gasteiger partial charge in [0.1, 0.15) is 11.6 Å². The molecular formula is C33H42N4S. The summed E-state index contributed by atoms with van der Waals surface area (Å²) in [5, 5.41) is 8.28. The third-order valence-corrected chi connectivity index (χ3v) is 7.98. The van der Waals surface area contributed by atoms with Crippen LogP contribution in [0.5, 0.6) is 0 Å². The van der Waals surface area contributed by atoms with Gasteiger partial charge in [0.25, 0.3) is 0 Å². The van der Waals surface area contributed by atoms with Crippen LogP contribution in [0.3, 0.4) is 0 Å². The number of aromatic nitrogens is 2. The number of nitrogens with one attached hydrogen (secondary N) is 1. The van der Waals surface area contributed by atoms with Gasteiger partial charge in [-0.2, -0.15) is 5.10 Å². The third-order valence-electron chi connectivity index (χ3n) is 7.65. The van der Waals surface area contributed by atoms with Gasteiger partial charge in [0.15, 0.2) is 0 Å². The number of benzene rings is 1. The van der Waals surface area contributed by atoms with E-state index >= 15 is 0 Å². The highest BCUT2D eigenvalue weighted by Crippen LogP contribution is 2.34. The molecule has 1 N–H and O–H groups in total. The van der Waals surface area contributed by atoms with E-state index < -0.39 is 0 Å². The average molecular weight is 527 g/mol. The van der Waals surface area contributed by atoms with Crippen LogP contribution in [0.15, 0.2) is 95.1 Å². The second kappa shape index (κ2) is 12.6. The highest BCUT2D eigenvalue weighted by molar-refractivity contribution is 7.84. The van der Waals surface area contributed by atoms with Crippen molar-refractivity contribution >= 4 is 24.3 Å². The molecule has 3 aliphatic rings. The van der Waals surface area contributed by atoms with Gasteiger partial charge >= 0.3 is 0 Å². The quantitative estimate of drug-likeness (QED) is 0.298. The van der Waals surface area contributed by atoms with Gasteiger partial charge in [-0.15, -0.1) is 12.6 Å². The summed E-state index contributed by atoms with van der Waals surface area (Å²) < 4.78 is 2.04. The highest BCUT2D eigenvalue weighted by atomic mass is 32.1. The molecule has 0 spiro atoms. The van der Waals surface area contributed by atoms with E-state index in [-0.39, 0.29) is 6.04 Å². The van der Waals surface area contributed by atoms with Crippen LogP contribution in [0.1, 0.15) is 56.7 Å². The van der Waals surface area contributed by atoms with Gasteiger partial charge in [-0.1, -0.05) is 73.7 Å². The summed E-state index contributed by atoms with van der Waals surface area (Å²) in [6, 6.07) is 9.13. The summed E-state index contributed by atoms with van der Waals surface area (Å²) >= 11 is 4.21. The number of hydrogen-bond donors (Lipinski definition) is 2. The standard InChI is InChI=1S/C24H30N4.C9H12S/c1-5-19-10-12-20(13-11-19)16-25-23-14-22(21-9-7-6-8-17(21)2)27(4)24-18(3)15-26-28(23)24;1-7(2)8-3-5-9(10)6-4-8/h6,8,10-15,22,25H,5,7,9,16H2,1-4H3;3,5-6,8,10H,1,4H2,2H3. The minimum absolute atomic E-state index is 0.262. The molecule has 0 amide bonds. The van der Waals surface area contributed by atoms with Crippen LogP contribution in [0.25, 0.3) is 5.82 Å². The molecule has 1 aromatic heterocycles. The molecule has 0 bridgehead atoms. The number of fused-ring (bicyclic) bond motifs is 1. The third kappa shape index (κ3) is 6.44. The minimum Gasteiger partial charge on any atom is -0.366 e. The first kappa shape index (κ1) is 27.8. The first-order chi connectivity index (χ1) is 18.3. The van der Waals surface area contributed by atoms with Crippen molar-refractivity contribution in [2.45, 2.75) is 66.0 Å². The lowest BCUT2D eigenvalue weighted by atomic mass is 9.91. The maximum absolute atomic E-state index is 4.64. The number of thiol groups is 1. The second-order valence-corrected chi connectivity index (χ2v) is 11.0. The number of aryl methyl sites for hydroxylation is 2. The van der Waals surface area contributed by atoms with Gasteiger partial charge in [-0.05, 0) is 79.7 Å². The number of likely N-dealkylation sites (N-methyl/N-ethyl adjacent to an activating group) is 1. The van der Waals surface area contributed by atoms with E-state index in [0.717, 1.165) is 43.0 Å². The molecule has 1 aromatic carbocycles. The van der Waals surface area contributed by atoms with E-state index in [1.54, 1.807) is 0 Å². The molecule has 2 atom stereocenters. The van der Waals surface area contributed by atoms with Crippen molar-refractivity contribution in [1.82, 2.24) is 15.1 Å². The SMILES string of the molecule is C=C(C)C1C=CC(S)=CC1.CCc1ccc(CNC2=CC(C3=C(C)C=CCC3)N(C)c3c(C)cnn32)cc1. The lowest BCUT2D eigenvalue weighted by Crippen LogP contribution is -2.40. The van der Waals surface area contributed by atoms with Crippen molar-refractivity contribution in [3.05, 3.63) is 112 Å². The van der Waals surface area contributed by atoms with E-state index in [2.05, 4.69) is 124 Å². The first-order valence-electron chi connectivity index (χ1n) is 13.7. The van der Waals surface area contributed by atoms with Gasteiger partial charge in [0.05, 0.1) is 12.2 Å².